The Labute approximate surface area is 153 Å². The number of hydrogen-bond acceptors (Lipinski definition) is 6. The number of rotatable bonds is 7. The maximum Gasteiger partial charge on any atom is 0.341 e. The molecule has 1 aromatic carbocycles. The molecular weight excluding hydrogens is 370 g/mol. The number of carboxylic acids is 1. The monoisotopic (exact) mass is 385 g/mol. The van der Waals surface area contributed by atoms with Crippen molar-refractivity contribution in [3.05, 3.63) is 27.6 Å². The molecule has 2 amide bonds. The molecule has 0 spiro atoms. The van der Waals surface area contributed by atoms with E-state index in [2.05, 4.69) is 0 Å². The fourth-order valence-electron chi connectivity index (χ4n) is 2.13. The van der Waals surface area contributed by atoms with Gasteiger partial charge in [-0.15, -0.1) is 0 Å². The second-order valence-electron chi connectivity index (χ2n) is 4.87. The van der Waals surface area contributed by atoms with E-state index >= 15 is 0 Å². The standard InChI is InChI=1S/C16H16ClNO6S/c1-3-18-15(21)12(25-16(18)22)7-9-5-10(17)14(24-8-13(19)20)11(6-9)23-4-2/h5-7H,3-4,8H2,1-2H3,(H,19,20)/b12-7+. The molecule has 0 bridgehead atoms. The lowest BCUT2D eigenvalue weighted by atomic mass is 10.1. The molecule has 0 unspecified atom stereocenters. The molecule has 1 heterocycles. The first-order chi connectivity index (χ1) is 11.9. The highest BCUT2D eigenvalue weighted by Crippen LogP contribution is 2.39. The summed E-state index contributed by atoms with van der Waals surface area (Å²) in [7, 11) is 0. The van der Waals surface area contributed by atoms with Crippen LogP contribution in [-0.4, -0.2) is 46.9 Å². The van der Waals surface area contributed by atoms with E-state index < -0.39 is 12.6 Å². The first kappa shape index (κ1) is 19.1. The highest BCUT2D eigenvalue weighted by molar-refractivity contribution is 8.18. The van der Waals surface area contributed by atoms with Crippen molar-refractivity contribution in [2.45, 2.75) is 13.8 Å². The van der Waals surface area contributed by atoms with Gasteiger partial charge in [-0.3, -0.25) is 14.5 Å². The third kappa shape index (κ3) is 4.46. The Hall–Kier alpha value is -2.19. The number of nitrogens with zero attached hydrogens (tertiary/aromatic N) is 1. The van der Waals surface area contributed by atoms with Gasteiger partial charge in [-0.25, -0.2) is 4.79 Å². The summed E-state index contributed by atoms with van der Waals surface area (Å²) in [5.41, 5.74) is 0.540. The maximum atomic E-state index is 12.2. The number of amides is 2. The van der Waals surface area contributed by atoms with Crippen molar-refractivity contribution in [2.75, 3.05) is 19.8 Å². The zero-order chi connectivity index (χ0) is 18.6. The zero-order valence-electron chi connectivity index (χ0n) is 13.6. The van der Waals surface area contributed by atoms with E-state index in [1.807, 2.05) is 0 Å². The van der Waals surface area contributed by atoms with Crippen molar-refractivity contribution in [3.63, 3.8) is 0 Å². The molecule has 1 aliphatic heterocycles. The Morgan fingerprint density at radius 2 is 2.04 bits per heavy atom. The van der Waals surface area contributed by atoms with E-state index in [0.29, 0.717) is 18.7 Å². The van der Waals surface area contributed by atoms with Gasteiger partial charge < -0.3 is 14.6 Å². The van der Waals surface area contributed by atoms with Crippen LogP contribution >= 0.6 is 23.4 Å². The number of thioether (sulfide) groups is 1. The Morgan fingerprint density at radius 3 is 2.60 bits per heavy atom. The van der Waals surface area contributed by atoms with Gasteiger partial charge in [-0.2, -0.15) is 0 Å². The minimum atomic E-state index is -1.14. The fraction of sp³-hybridized carbons (Fsp3) is 0.312. The number of carbonyl (C=O) groups excluding carboxylic acids is 2. The van der Waals surface area contributed by atoms with Crippen LogP contribution < -0.4 is 9.47 Å². The Morgan fingerprint density at radius 1 is 1.32 bits per heavy atom. The number of carbonyl (C=O) groups is 3. The molecule has 2 rings (SSSR count). The molecule has 1 aromatic rings. The molecule has 1 N–H and O–H groups in total. The van der Waals surface area contributed by atoms with Crippen molar-refractivity contribution >= 4 is 46.6 Å². The lowest BCUT2D eigenvalue weighted by molar-refractivity contribution is -0.139. The first-order valence-electron chi connectivity index (χ1n) is 7.43. The summed E-state index contributed by atoms with van der Waals surface area (Å²) in [6.45, 7) is 3.53. The molecule has 0 radical (unpaired) electrons. The molecule has 134 valence electrons. The molecule has 9 heteroatoms. The summed E-state index contributed by atoms with van der Waals surface area (Å²) < 4.78 is 10.6. The first-order valence-corrected chi connectivity index (χ1v) is 8.63. The smallest absolute Gasteiger partial charge is 0.341 e. The number of imide groups is 1. The van der Waals surface area contributed by atoms with E-state index in [9.17, 15) is 14.4 Å². The molecule has 0 saturated carbocycles. The molecule has 1 fully saturated rings. The van der Waals surface area contributed by atoms with Crippen molar-refractivity contribution in [1.29, 1.82) is 0 Å². The minimum Gasteiger partial charge on any atom is -0.490 e. The predicted octanol–water partition coefficient (Wildman–Crippen LogP) is 3.26. The predicted molar refractivity (Wildman–Crippen MR) is 94.1 cm³/mol. The number of halogens is 1. The molecule has 7 nitrogen and oxygen atoms in total. The Balaban J connectivity index is 2.36. The van der Waals surface area contributed by atoms with Crippen LogP contribution in [0, 0.1) is 0 Å². The van der Waals surface area contributed by atoms with E-state index in [1.54, 1.807) is 19.9 Å². The molecule has 0 atom stereocenters. The SMILES string of the molecule is CCOc1cc(/C=C2/SC(=O)N(CC)C2=O)cc(Cl)c1OCC(=O)O. The number of carboxylic acid groups (broad SMARTS) is 1. The average Bonchev–Trinajstić information content (AvgIpc) is 2.80. The van der Waals surface area contributed by atoms with Gasteiger partial charge in [0, 0.05) is 6.54 Å². The maximum absolute atomic E-state index is 12.2. The summed E-state index contributed by atoms with van der Waals surface area (Å²) in [5.74, 6) is -1.13. The number of ether oxygens (including phenoxy) is 2. The van der Waals surface area contributed by atoms with Crippen LogP contribution in [0.3, 0.4) is 0 Å². The van der Waals surface area contributed by atoms with Crippen LogP contribution in [-0.2, 0) is 9.59 Å². The van der Waals surface area contributed by atoms with Crippen LogP contribution in [0.2, 0.25) is 5.02 Å². The van der Waals surface area contributed by atoms with Gasteiger partial charge in [0.05, 0.1) is 16.5 Å². The summed E-state index contributed by atoms with van der Waals surface area (Å²) >= 11 is 7.01. The topological polar surface area (TPSA) is 93.1 Å². The highest BCUT2D eigenvalue weighted by atomic mass is 35.5. The number of benzene rings is 1. The van der Waals surface area contributed by atoms with Crippen LogP contribution in [0.5, 0.6) is 11.5 Å². The molecular formula is C16H16ClNO6S. The van der Waals surface area contributed by atoms with E-state index in [4.69, 9.17) is 26.2 Å². The lowest BCUT2D eigenvalue weighted by Crippen LogP contribution is -2.27. The second kappa shape index (κ2) is 8.26. The van der Waals surface area contributed by atoms with Gasteiger partial charge in [0.1, 0.15) is 0 Å². The number of aliphatic carboxylic acids is 1. The Bertz CT molecular complexity index is 748. The van der Waals surface area contributed by atoms with Crippen molar-refractivity contribution in [1.82, 2.24) is 4.90 Å². The molecule has 1 aliphatic rings. The molecule has 0 aliphatic carbocycles. The lowest BCUT2D eigenvalue weighted by Gasteiger charge is -2.13. The van der Waals surface area contributed by atoms with Crippen LogP contribution in [0.15, 0.2) is 17.0 Å². The van der Waals surface area contributed by atoms with E-state index in [1.165, 1.54) is 12.1 Å². The zero-order valence-corrected chi connectivity index (χ0v) is 15.1. The van der Waals surface area contributed by atoms with Gasteiger partial charge in [-0.05, 0) is 49.4 Å². The van der Waals surface area contributed by atoms with Crippen LogP contribution in [0.1, 0.15) is 19.4 Å². The fourth-order valence-corrected chi connectivity index (χ4v) is 3.31. The van der Waals surface area contributed by atoms with E-state index in [0.717, 1.165) is 16.7 Å². The second-order valence-corrected chi connectivity index (χ2v) is 6.27. The average molecular weight is 386 g/mol. The van der Waals surface area contributed by atoms with Crippen molar-refractivity contribution in [2.24, 2.45) is 0 Å². The third-order valence-corrected chi connectivity index (χ3v) is 4.35. The summed E-state index contributed by atoms with van der Waals surface area (Å²) in [5, 5.41) is 8.56. The Kier molecular flexibility index (Phi) is 6.33. The quantitative estimate of drug-likeness (QED) is 0.720. The molecule has 25 heavy (non-hydrogen) atoms. The van der Waals surface area contributed by atoms with Gasteiger partial charge >= 0.3 is 5.97 Å². The number of likely N-dealkylation sites (N-methyl/N-ethyl adjacent to an activating group) is 1. The minimum absolute atomic E-state index is 0.115. The third-order valence-electron chi connectivity index (χ3n) is 3.16. The molecule has 0 aromatic heterocycles. The number of hydrogen-bond donors (Lipinski definition) is 1. The highest BCUT2D eigenvalue weighted by Gasteiger charge is 2.33. The summed E-state index contributed by atoms with van der Waals surface area (Å²) in [6.07, 6.45) is 1.54. The van der Waals surface area contributed by atoms with Gasteiger partial charge in [0.15, 0.2) is 18.1 Å². The molecule has 1 saturated heterocycles. The van der Waals surface area contributed by atoms with Crippen molar-refractivity contribution in [3.8, 4) is 11.5 Å². The van der Waals surface area contributed by atoms with Crippen LogP contribution in [0.25, 0.3) is 6.08 Å². The summed E-state index contributed by atoms with van der Waals surface area (Å²) in [6, 6.07) is 3.09. The largest absolute Gasteiger partial charge is 0.490 e. The van der Waals surface area contributed by atoms with Crippen molar-refractivity contribution < 1.29 is 29.0 Å². The van der Waals surface area contributed by atoms with Crippen LogP contribution in [0.4, 0.5) is 4.79 Å². The summed E-state index contributed by atoms with van der Waals surface area (Å²) in [4.78, 5) is 36.0. The van der Waals surface area contributed by atoms with Gasteiger partial charge in [0.2, 0.25) is 0 Å². The normalized spacial score (nSPS) is 15.8. The van der Waals surface area contributed by atoms with E-state index in [-0.39, 0.29) is 32.6 Å². The van der Waals surface area contributed by atoms with Gasteiger partial charge in [0.25, 0.3) is 11.1 Å². The van der Waals surface area contributed by atoms with Gasteiger partial charge in [-0.1, -0.05) is 11.6 Å².